The van der Waals surface area contributed by atoms with E-state index in [1.165, 1.54) is 12.8 Å². The summed E-state index contributed by atoms with van der Waals surface area (Å²) in [5.74, 6) is -0.518. The van der Waals surface area contributed by atoms with Gasteiger partial charge in [-0.05, 0) is 43.9 Å². The third-order valence-electron chi connectivity index (χ3n) is 7.63. The first kappa shape index (κ1) is 24.0. The van der Waals surface area contributed by atoms with Gasteiger partial charge < -0.3 is 9.46 Å². The first-order valence-electron chi connectivity index (χ1n) is 12.6. The van der Waals surface area contributed by atoms with Crippen LogP contribution in [-0.4, -0.2) is 52.9 Å². The van der Waals surface area contributed by atoms with E-state index in [1.54, 1.807) is 6.20 Å². The number of hydrogen-bond acceptors (Lipinski definition) is 5. The van der Waals surface area contributed by atoms with E-state index in [1.807, 2.05) is 29.2 Å². The number of aromatic nitrogens is 2. The molecule has 36 heavy (non-hydrogen) atoms. The number of anilines is 1. The summed E-state index contributed by atoms with van der Waals surface area (Å²) in [6.45, 7) is 2.56. The number of halogens is 3. The number of aryl methyl sites for hydroxylation is 1. The molecule has 0 unspecified atom stereocenters. The molecule has 0 atom stereocenters. The summed E-state index contributed by atoms with van der Waals surface area (Å²) in [5.41, 5.74) is 2.49. The summed E-state index contributed by atoms with van der Waals surface area (Å²) in [7, 11) is -2.45. The molecular formula is C27H28ClF2N4OP. The zero-order chi connectivity index (χ0) is 24.9. The molecule has 1 saturated carbocycles. The quantitative estimate of drug-likeness (QED) is 0.323. The molecule has 188 valence electrons. The Morgan fingerprint density at radius 3 is 2.61 bits per heavy atom. The Labute approximate surface area is 214 Å². The predicted molar refractivity (Wildman–Crippen MR) is 140 cm³/mol. The normalized spacial score (nSPS) is 19.8. The van der Waals surface area contributed by atoms with Gasteiger partial charge in [0.15, 0.2) is 5.82 Å². The van der Waals surface area contributed by atoms with Crippen LogP contribution in [0, 0.1) is 11.6 Å². The Kier molecular flexibility index (Phi) is 6.35. The zero-order valence-corrected chi connectivity index (χ0v) is 21.6. The van der Waals surface area contributed by atoms with Crippen LogP contribution in [0.5, 0.6) is 0 Å². The number of benzene rings is 2. The monoisotopic (exact) mass is 528 g/mol. The third kappa shape index (κ3) is 4.57. The maximum absolute atomic E-state index is 14.5. The molecule has 0 radical (unpaired) electrons. The number of rotatable bonds is 5. The Hall–Kier alpha value is -2.34. The van der Waals surface area contributed by atoms with Crippen molar-refractivity contribution < 1.29 is 13.3 Å². The van der Waals surface area contributed by atoms with Gasteiger partial charge in [-0.25, -0.2) is 13.8 Å². The molecule has 0 amide bonds. The molecule has 3 aliphatic rings. The summed E-state index contributed by atoms with van der Waals surface area (Å²) in [4.78, 5) is 14.0. The molecule has 5 nitrogen and oxygen atoms in total. The van der Waals surface area contributed by atoms with Crippen molar-refractivity contribution in [3.05, 3.63) is 70.5 Å². The van der Waals surface area contributed by atoms with Crippen LogP contribution < -0.4 is 10.2 Å². The first-order valence-corrected chi connectivity index (χ1v) is 15.0. The van der Waals surface area contributed by atoms with Crippen molar-refractivity contribution in [2.45, 2.75) is 38.3 Å². The summed E-state index contributed by atoms with van der Waals surface area (Å²) in [5, 5.41) is 0.705. The maximum atomic E-state index is 14.5. The smallest absolute Gasteiger partial charge is 0.151 e. The lowest BCUT2D eigenvalue weighted by atomic mass is 10.1. The highest BCUT2D eigenvalue weighted by molar-refractivity contribution is 7.71. The molecule has 6 rings (SSSR count). The van der Waals surface area contributed by atoms with Crippen molar-refractivity contribution in [2.24, 2.45) is 0 Å². The van der Waals surface area contributed by atoms with Crippen LogP contribution in [0.3, 0.4) is 0 Å². The van der Waals surface area contributed by atoms with Gasteiger partial charge in [0.2, 0.25) is 0 Å². The molecule has 3 aromatic rings. The fourth-order valence-corrected chi connectivity index (χ4v) is 8.21. The largest absolute Gasteiger partial charge is 0.351 e. The van der Waals surface area contributed by atoms with E-state index in [-0.39, 0.29) is 17.1 Å². The van der Waals surface area contributed by atoms with E-state index in [4.69, 9.17) is 16.6 Å². The molecule has 1 saturated heterocycles. The molecule has 0 bridgehead atoms. The van der Waals surface area contributed by atoms with Crippen LogP contribution in [0.1, 0.15) is 30.5 Å². The van der Waals surface area contributed by atoms with Crippen molar-refractivity contribution in [3.8, 4) is 11.3 Å². The molecule has 1 aliphatic carbocycles. The fourth-order valence-electron chi connectivity index (χ4n) is 5.36. The van der Waals surface area contributed by atoms with Gasteiger partial charge in [0.25, 0.3) is 0 Å². The Morgan fingerprint density at radius 2 is 1.83 bits per heavy atom. The second-order valence-corrected chi connectivity index (χ2v) is 13.6. The Balaban J connectivity index is 1.28. The van der Waals surface area contributed by atoms with Gasteiger partial charge in [-0.2, -0.15) is 0 Å². The molecule has 2 fully saturated rings. The molecule has 0 N–H and O–H groups in total. The van der Waals surface area contributed by atoms with Crippen molar-refractivity contribution in [3.63, 3.8) is 0 Å². The molecule has 3 heterocycles. The minimum Gasteiger partial charge on any atom is -0.351 e. The summed E-state index contributed by atoms with van der Waals surface area (Å²) < 4.78 is 42.3. The standard InChI is InChI=1S/C27H28ClF2N4OP/c28-26-21(22(29)8-9-23(26)30)17-34-10-2-5-24-27(34)32-25(16-31-24)18-3-1-4-20(15-18)36(35)13-11-33(12-14-36)19-6-7-19/h1,3-4,8-9,15-16,19H,2,5-7,10-14,17H2. The van der Waals surface area contributed by atoms with Crippen molar-refractivity contribution in [2.75, 3.05) is 36.9 Å². The van der Waals surface area contributed by atoms with Gasteiger partial charge in [-0.3, -0.25) is 9.88 Å². The van der Waals surface area contributed by atoms with Gasteiger partial charge in [0.05, 0.1) is 22.6 Å². The molecule has 1 aromatic heterocycles. The second kappa shape index (κ2) is 9.51. The van der Waals surface area contributed by atoms with Crippen molar-refractivity contribution in [1.29, 1.82) is 0 Å². The van der Waals surface area contributed by atoms with Crippen molar-refractivity contribution in [1.82, 2.24) is 14.9 Å². The van der Waals surface area contributed by atoms with Crippen LogP contribution in [0.2, 0.25) is 5.02 Å². The SMILES string of the molecule is O=P1(c2cccc(-c3cnc4c(n3)N(Cc3c(F)ccc(F)c3Cl)CCC4)c2)CCN(C2CC2)CC1. The summed E-state index contributed by atoms with van der Waals surface area (Å²) in [6, 6.07) is 10.7. The van der Waals surface area contributed by atoms with Gasteiger partial charge in [-0.1, -0.05) is 29.8 Å². The molecule has 0 spiro atoms. The zero-order valence-electron chi connectivity index (χ0n) is 20.0. The van der Waals surface area contributed by atoms with E-state index >= 15 is 0 Å². The van der Waals surface area contributed by atoms with E-state index in [0.717, 1.165) is 66.9 Å². The topological polar surface area (TPSA) is 49.3 Å². The van der Waals surface area contributed by atoms with Gasteiger partial charge in [-0.15, -0.1) is 0 Å². The highest BCUT2D eigenvalue weighted by Crippen LogP contribution is 2.48. The molecule has 2 aromatic carbocycles. The maximum Gasteiger partial charge on any atom is 0.151 e. The lowest BCUT2D eigenvalue weighted by Crippen LogP contribution is -2.38. The second-order valence-electron chi connectivity index (χ2n) is 10.0. The first-order chi connectivity index (χ1) is 17.4. The van der Waals surface area contributed by atoms with E-state index in [0.29, 0.717) is 24.1 Å². The van der Waals surface area contributed by atoms with E-state index < -0.39 is 18.8 Å². The summed E-state index contributed by atoms with van der Waals surface area (Å²) >= 11 is 6.10. The van der Waals surface area contributed by atoms with Crippen LogP contribution in [-0.2, 0) is 17.5 Å². The minimum atomic E-state index is -2.45. The highest BCUT2D eigenvalue weighted by atomic mass is 35.5. The Morgan fingerprint density at radius 1 is 1.06 bits per heavy atom. The molecule has 9 heteroatoms. The predicted octanol–water partition coefficient (Wildman–Crippen LogP) is 5.49. The number of hydrogen-bond donors (Lipinski definition) is 0. The van der Waals surface area contributed by atoms with Gasteiger partial charge in [0.1, 0.15) is 18.8 Å². The van der Waals surface area contributed by atoms with E-state index in [2.05, 4.69) is 9.88 Å². The summed E-state index contributed by atoms with van der Waals surface area (Å²) in [6.07, 6.45) is 7.34. The van der Waals surface area contributed by atoms with Crippen LogP contribution in [0.4, 0.5) is 14.6 Å². The average Bonchev–Trinajstić information content (AvgIpc) is 3.75. The van der Waals surface area contributed by atoms with Crippen LogP contribution >= 0.6 is 18.7 Å². The average molecular weight is 529 g/mol. The minimum absolute atomic E-state index is 0.111. The molecular weight excluding hydrogens is 501 g/mol. The molecule has 2 aliphatic heterocycles. The highest BCUT2D eigenvalue weighted by Gasteiger charge is 2.37. The van der Waals surface area contributed by atoms with Crippen LogP contribution in [0.15, 0.2) is 42.6 Å². The lowest BCUT2D eigenvalue weighted by Gasteiger charge is -2.32. The number of nitrogens with zero attached hydrogens (tertiary/aromatic N) is 4. The van der Waals surface area contributed by atoms with Gasteiger partial charge >= 0.3 is 0 Å². The van der Waals surface area contributed by atoms with Crippen molar-refractivity contribution >= 4 is 29.9 Å². The van der Waals surface area contributed by atoms with E-state index in [9.17, 15) is 13.3 Å². The lowest BCUT2D eigenvalue weighted by molar-refractivity contribution is 0.285. The van der Waals surface area contributed by atoms with Gasteiger partial charge in [0, 0.05) is 61.0 Å². The Bertz CT molecular complexity index is 1350. The third-order valence-corrected chi connectivity index (χ3v) is 11.1. The number of fused-ring (bicyclic) bond motifs is 1. The van der Waals surface area contributed by atoms with Crippen LogP contribution in [0.25, 0.3) is 11.3 Å². The fraction of sp³-hybridized carbons (Fsp3) is 0.407.